The summed E-state index contributed by atoms with van der Waals surface area (Å²) in [6.07, 6.45) is 0. The lowest BCUT2D eigenvalue weighted by atomic mass is 9.88. The molecule has 0 saturated heterocycles. The molecule has 0 saturated carbocycles. The highest BCUT2D eigenvalue weighted by molar-refractivity contribution is 14.1. The molecule has 4 aromatic carbocycles. The topological polar surface area (TPSA) is 149 Å². The lowest BCUT2D eigenvalue weighted by molar-refractivity contribution is -0.0505. The summed E-state index contributed by atoms with van der Waals surface area (Å²) >= 11 is 3.01. The SMILES string of the molecule is COc1cc(I)c2c(OS(=O)(=O)C(F)(F)F)c(C)cc(C)c2c1-c1c(OC)cc(I)c2c(OS(=O)(=O)C(F)(F)F)c(C)cc(OS(=O)(=O)C(F)(F)F)c12. The second-order valence-corrected chi connectivity index (χ2v) is 17.6. The van der Waals surface area contributed by atoms with Crippen LogP contribution in [-0.2, 0) is 30.4 Å². The van der Waals surface area contributed by atoms with Crippen LogP contribution in [0.4, 0.5) is 39.5 Å². The Kier molecular flexibility index (Phi) is 11.3. The summed E-state index contributed by atoms with van der Waals surface area (Å²) in [6, 6.07) is 3.74. The van der Waals surface area contributed by atoms with Crippen molar-refractivity contribution in [2.45, 2.75) is 37.3 Å². The van der Waals surface area contributed by atoms with Gasteiger partial charge in [-0.3, -0.25) is 0 Å². The van der Waals surface area contributed by atoms with Crippen molar-refractivity contribution in [2.75, 3.05) is 14.2 Å². The standard InChI is InChI=1S/C28H19F9I2O11S3/c1-10-6-11(2)24(49-52(42,43)27(32,33)34)19-13(38)8-15(46-4)21(18(10)19)22-16(47-5)9-14(39)20-23(22)17(48-51(40,41)26(29,30)31)7-12(3)25(20)50-53(44,45)28(35,36)37/h6-9H,1-5H3. The van der Waals surface area contributed by atoms with Gasteiger partial charge in [0.1, 0.15) is 11.5 Å². The van der Waals surface area contributed by atoms with E-state index < -0.39 is 97.3 Å². The predicted molar refractivity (Wildman–Crippen MR) is 186 cm³/mol. The van der Waals surface area contributed by atoms with Gasteiger partial charge < -0.3 is 22.0 Å². The van der Waals surface area contributed by atoms with Crippen LogP contribution in [0.15, 0.2) is 24.3 Å². The number of aryl methyl sites for hydroxylation is 3. The zero-order valence-electron chi connectivity index (χ0n) is 26.7. The van der Waals surface area contributed by atoms with Crippen molar-refractivity contribution >= 4 is 97.1 Å². The summed E-state index contributed by atoms with van der Waals surface area (Å²) in [7, 11) is -17.4. The van der Waals surface area contributed by atoms with Crippen molar-refractivity contribution in [2.24, 2.45) is 0 Å². The molecule has 0 aliphatic rings. The highest BCUT2D eigenvalue weighted by Crippen LogP contribution is 2.55. The first-order valence-electron chi connectivity index (χ1n) is 13.6. The van der Waals surface area contributed by atoms with Crippen molar-refractivity contribution in [3.8, 4) is 39.9 Å². The molecule has 4 aromatic rings. The van der Waals surface area contributed by atoms with E-state index in [0.717, 1.165) is 39.3 Å². The molecule has 292 valence electrons. The fourth-order valence-electron chi connectivity index (χ4n) is 5.11. The molecule has 0 heterocycles. The number of benzene rings is 4. The summed E-state index contributed by atoms with van der Waals surface area (Å²) in [5.41, 5.74) is -19.8. The van der Waals surface area contributed by atoms with Crippen LogP contribution in [0.5, 0.6) is 28.7 Å². The Labute approximate surface area is 321 Å². The minimum absolute atomic E-state index is 0.0292. The maximum atomic E-state index is 13.7. The molecular weight excluding hydrogens is 1030 g/mol. The molecule has 0 N–H and O–H groups in total. The van der Waals surface area contributed by atoms with E-state index >= 15 is 0 Å². The minimum atomic E-state index is -6.59. The fourth-order valence-corrected chi connectivity index (χ4v) is 8.22. The van der Waals surface area contributed by atoms with Gasteiger partial charge in [0.05, 0.1) is 14.2 Å². The monoisotopic (exact) mass is 1050 g/mol. The van der Waals surface area contributed by atoms with Crippen molar-refractivity contribution in [1.29, 1.82) is 0 Å². The van der Waals surface area contributed by atoms with Crippen LogP contribution in [-0.4, -0.2) is 56.0 Å². The van der Waals surface area contributed by atoms with Gasteiger partial charge in [-0.1, -0.05) is 6.07 Å². The summed E-state index contributed by atoms with van der Waals surface area (Å²) < 4.78 is 220. The summed E-state index contributed by atoms with van der Waals surface area (Å²) in [5.74, 6) is -4.00. The van der Waals surface area contributed by atoms with Crippen LogP contribution in [0.25, 0.3) is 32.7 Å². The Morgan fingerprint density at radius 1 is 0.472 bits per heavy atom. The first kappa shape index (κ1) is 42.8. The molecule has 53 heavy (non-hydrogen) atoms. The molecule has 0 amide bonds. The molecular formula is C28H19F9I2O11S3. The summed E-state index contributed by atoms with van der Waals surface area (Å²) in [6.45, 7) is 3.42. The molecule has 0 fully saturated rings. The molecule has 25 heteroatoms. The molecule has 0 radical (unpaired) electrons. The van der Waals surface area contributed by atoms with E-state index in [1.807, 2.05) is 0 Å². The van der Waals surface area contributed by atoms with Gasteiger partial charge in [-0.25, -0.2) is 0 Å². The van der Waals surface area contributed by atoms with Crippen molar-refractivity contribution in [3.63, 3.8) is 0 Å². The molecule has 0 unspecified atom stereocenters. The molecule has 0 bridgehead atoms. The van der Waals surface area contributed by atoms with Crippen LogP contribution in [0, 0.1) is 27.9 Å². The number of rotatable bonds is 9. The van der Waals surface area contributed by atoms with E-state index in [1.54, 1.807) is 22.6 Å². The van der Waals surface area contributed by atoms with Crippen molar-refractivity contribution in [3.05, 3.63) is 48.1 Å². The van der Waals surface area contributed by atoms with E-state index in [2.05, 4.69) is 12.5 Å². The number of ether oxygens (including phenoxy) is 2. The van der Waals surface area contributed by atoms with Gasteiger partial charge in [-0.15, -0.1) is 0 Å². The zero-order valence-corrected chi connectivity index (χ0v) is 33.4. The number of methoxy groups -OCH3 is 2. The van der Waals surface area contributed by atoms with E-state index in [4.69, 9.17) is 9.47 Å². The number of hydrogen-bond acceptors (Lipinski definition) is 11. The highest BCUT2D eigenvalue weighted by Gasteiger charge is 2.51. The maximum absolute atomic E-state index is 13.7. The Hall–Kier alpha value is -2.92. The Morgan fingerprint density at radius 2 is 0.811 bits per heavy atom. The van der Waals surface area contributed by atoms with Gasteiger partial charge >= 0.3 is 46.9 Å². The summed E-state index contributed by atoms with van der Waals surface area (Å²) in [5, 5.41) is -2.26. The quantitative estimate of drug-likeness (QED) is 0.0688. The Balaban J connectivity index is 2.41. The highest BCUT2D eigenvalue weighted by atomic mass is 127. The van der Waals surface area contributed by atoms with E-state index in [0.29, 0.717) is 6.07 Å². The molecule has 0 aromatic heterocycles. The zero-order chi connectivity index (χ0) is 40.6. The van der Waals surface area contributed by atoms with Gasteiger partial charge in [0.25, 0.3) is 0 Å². The number of fused-ring (bicyclic) bond motifs is 2. The van der Waals surface area contributed by atoms with Gasteiger partial charge in [0.15, 0.2) is 17.2 Å². The lowest BCUT2D eigenvalue weighted by Gasteiger charge is -2.24. The van der Waals surface area contributed by atoms with E-state index in [-0.39, 0.29) is 34.8 Å². The average molecular weight is 1050 g/mol. The van der Waals surface area contributed by atoms with E-state index in [9.17, 15) is 64.8 Å². The fraction of sp³-hybridized carbons (Fsp3) is 0.286. The number of hydrogen-bond donors (Lipinski definition) is 0. The maximum Gasteiger partial charge on any atom is 0.534 e. The molecule has 4 rings (SSSR count). The third kappa shape index (κ3) is 7.67. The molecule has 11 nitrogen and oxygen atoms in total. The third-order valence-electron chi connectivity index (χ3n) is 7.20. The third-order valence-corrected chi connectivity index (χ3v) is 11.8. The predicted octanol–water partition coefficient (Wildman–Crippen LogP) is 8.50. The second-order valence-electron chi connectivity index (χ2n) is 10.7. The van der Waals surface area contributed by atoms with Crippen LogP contribution >= 0.6 is 45.2 Å². The lowest BCUT2D eigenvalue weighted by Crippen LogP contribution is -2.29. The smallest absolute Gasteiger partial charge is 0.496 e. The Bertz CT molecular complexity index is 2520. The summed E-state index contributed by atoms with van der Waals surface area (Å²) in [4.78, 5) is 0. The van der Waals surface area contributed by atoms with Gasteiger partial charge in [0.2, 0.25) is 0 Å². The Morgan fingerprint density at radius 3 is 1.19 bits per heavy atom. The van der Waals surface area contributed by atoms with Gasteiger partial charge in [-0.2, -0.15) is 64.8 Å². The van der Waals surface area contributed by atoms with Crippen molar-refractivity contribution < 1.29 is 86.8 Å². The first-order chi connectivity index (χ1) is 23.9. The number of alkyl halides is 9. The average Bonchev–Trinajstić information content (AvgIpc) is 2.98. The van der Waals surface area contributed by atoms with E-state index in [1.165, 1.54) is 36.4 Å². The minimum Gasteiger partial charge on any atom is -0.496 e. The van der Waals surface area contributed by atoms with Crippen LogP contribution in [0.1, 0.15) is 16.7 Å². The van der Waals surface area contributed by atoms with Crippen LogP contribution in [0.2, 0.25) is 0 Å². The molecule has 0 aliphatic carbocycles. The first-order valence-corrected chi connectivity index (χ1v) is 20.0. The van der Waals surface area contributed by atoms with Crippen LogP contribution < -0.4 is 22.0 Å². The van der Waals surface area contributed by atoms with Crippen LogP contribution in [0.3, 0.4) is 0 Å². The number of halogens is 11. The van der Waals surface area contributed by atoms with Gasteiger partial charge in [-0.05, 0) is 101 Å². The van der Waals surface area contributed by atoms with Crippen molar-refractivity contribution in [1.82, 2.24) is 0 Å². The second kappa shape index (κ2) is 14.0. The molecule has 0 aliphatic heterocycles. The molecule has 0 spiro atoms. The molecule has 0 atom stereocenters. The van der Waals surface area contributed by atoms with Gasteiger partial charge in [0, 0.05) is 39.8 Å². The normalized spacial score (nSPS) is 13.4. The largest absolute Gasteiger partial charge is 0.534 e.